The molecule has 1 aromatic heterocycles. The number of rotatable bonds is 6. The zero-order valence-corrected chi connectivity index (χ0v) is 15.8. The third kappa shape index (κ3) is 4.40. The Hall–Kier alpha value is -3.00. The summed E-state index contributed by atoms with van der Waals surface area (Å²) in [7, 11) is -2.11. The molecule has 6 nitrogen and oxygen atoms in total. The van der Waals surface area contributed by atoms with Crippen molar-refractivity contribution < 1.29 is 8.60 Å². The van der Waals surface area contributed by atoms with Crippen LogP contribution >= 0.6 is 0 Å². The molecule has 0 amide bonds. The molecule has 0 fully saturated rings. The predicted octanol–water partition coefficient (Wildman–Crippen LogP) is 4.37. The molecule has 0 spiro atoms. The van der Waals surface area contributed by atoms with Crippen LogP contribution in [0, 0.1) is 17.5 Å². The van der Waals surface area contributed by atoms with E-state index < -0.39 is 10.6 Å². The topological polar surface area (TPSA) is 90.8 Å². The number of hydrogen-bond donors (Lipinski definition) is 4. The first-order chi connectivity index (χ1) is 13.0. The summed E-state index contributed by atoms with van der Waals surface area (Å²) in [6, 6.07) is 11.6. The number of nitrogens with zero attached hydrogens (tertiary/aromatic N) is 2. The van der Waals surface area contributed by atoms with Crippen LogP contribution in [0.3, 0.4) is 0 Å². The Kier molecular flexibility index (Phi) is 5.66. The Morgan fingerprint density at radius 2 is 1.93 bits per heavy atom. The molecular formula is C19H20FN5OS. The molecule has 0 bridgehead atoms. The van der Waals surface area contributed by atoms with Gasteiger partial charge in [-0.15, -0.1) is 0 Å². The van der Waals surface area contributed by atoms with Gasteiger partial charge in [-0.3, -0.25) is 4.78 Å². The first-order valence-corrected chi connectivity index (χ1v) is 9.67. The van der Waals surface area contributed by atoms with E-state index in [9.17, 15) is 8.60 Å². The molecule has 0 radical (unpaired) electrons. The number of anilines is 3. The molecule has 8 heteroatoms. The van der Waals surface area contributed by atoms with Crippen LogP contribution in [0.2, 0.25) is 0 Å². The van der Waals surface area contributed by atoms with E-state index in [4.69, 9.17) is 4.78 Å². The lowest BCUT2D eigenvalue weighted by molar-refractivity contribution is 0.619. The zero-order valence-electron chi connectivity index (χ0n) is 15.0. The lowest BCUT2D eigenvalue weighted by Gasteiger charge is -2.13. The summed E-state index contributed by atoms with van der Waals surface area (Å²) in [6.45, 7) is 4.36. The van der Waals surface area contributed by atoms with Crippen LogP contribution in [-0.4, -0.2) is 20.7 Å². The summed E-state index contributed by atoms with van der Waals surface area (Å²) in [5.74, 6) is 0.796. The monoisotopic (exact) mass is 385 g/mol. The van der Waals surface area contributed by atoms with Crippen molar-refractivity contribution in [3.05, 3.63) is 60.0 Å². The van der Waals surface area contributed by atoms with E-state index in [-0.39, 0.29) is 5.82 Å². The number of thiol groups is 1. The van der Waals surface area contributed by atoms with Crippen molar-refractivity contribution in [3.63, 3.8) is 0 Å². The highest BCUT2D eigenvalue weighted by molar-refractivity contribution is 7.73. The van der Waals surface area contributed by atoms with E-state index in [1.54, 1.807) is 49.5 Å². The molecule has 3 rings (SSSR count). The van der Waals surface area contributed by atoms with Crippen LogP contribution < -0.4 is 10.6 Å². The molecule has 3 N–H and O–H groups in total. The smallest absolute Gasteiger partial charge is 0.229 e. The second-order valence-corrected chi connectivity index (χ2v) is 7.02. The van der Waals surface area contributed by atoms with Crippen molar-refractivity contribution >= 4 is 28.0 Å². The van der Waals surface area contributed by atoms with Crippen molar-refractivity contribution in [1.29, 1.82) is 4.78 Å². The van der Waals surface area contributed by atoms with Gasteiger partial charge in [0.2, 0.25) is 5.95 Å². The Morgan fingerprint density at radius 3 is 2.56 bits per heavy atom. The van der Waals surface area contributed by atoms with Crippen LogP contribution in [0.25, 0.3) is 11.1 Å². The molecule has 27 heavy (non-hydrogen) atoms. The zero-order chi connectivity index (χ0) is 19.4. The van der Waals surface area contributed by atoms with Crippen molar-refractivity contribution in [3.8, 4) is 11.1 Å². The fourth-order valence-corrected chi connectivity index (χ4v) is 3.00. The second kappa shape index (κ2) is 8.13. The fourth-order valence-electron chi connectivity index (χ4n) is 2.58. The Labute approximate surface area is 158 Å². The molecule has 1 atom stereocenters. The minimum Gasteiger partial charge on any atom is -0.370 e. The summed E-state index contributed by atoms with van der Waals surface area (Å²) in [6.07, 6.45) is 1.69. The maximum absolute atomic E-state index is 13.6. The van der Waals surface area contributed by atoms with Crippen LogP contribution in [0.4, 0.5) is 21.8 Å². The van der Waals surface area contributed by atoms with Crippen LogP contribution in [0.1, 0.15) is 12.5 Å². The molecule has 0 aliphatic rings. The van der Waals surface area contributed by atoms with E-state index in [1.807, 2.05) is 6.92 Å². The van der Waals surface area contributed by atoms with Crippen LogP contribution in [0.15, 0.2) is 53.6 Å². The molecule has 0 aliphatic carbocycles. The van der Waals surface area contributed by atoms with Gasteiger partial charge < -0.3 is 10.6 Å². The first-order valence-electron chi connectivity index (χ1n) is 8.41. The lowest BCUT2D eigenvalue weighted by Crippen LogP contribution is -2.05. The number of aromatic nitrogens is 2. The molecule has 2 aromatic carbocycles. The normalized spacial score (nSPS) is 11.8. The van der Waals surface area contributed by atoms with Crippen molar-refractivity contribution in [2.24, 2.45) is 0 Å². The van der Waals surface area contributed by atoms with Gasteiger partial charge in [0.15, 0.2) is 0 Å². The Morgan fingerprint density at radius 1 is 1.19 bits per heavy atom. The van der Waals surface area contributed by atoms with Gasteiger partial charge in [-0.1, -0.05) is 6.07 Å². The predicted molar refractivity (Wildman–Crippen MR) is 107 cm³/mol. The van der Waals surface area contributed by atoms with Gasteiger partial charge in [-0.2, -0.15) is 4.98 Å². The molecule has 1 heterocycles. The van der Waals surface area contributed by atoms with E-state index in [0.29, 0.717) is 28.8 Å². The number of benzene rings is 2. The van der Waals surface area contributed by atoms with E-state index in [0.717, 1.165) is 16.8 Å². The van der Waals surface area contributed by atoms with E-state index in [1.165, 1.54) is 6.07 Å². The molecule has 140 valence electrons. The molecular weight excluding hydrogens is 365 g/mol. The lowest BCUT2D eigenvalue weighted by atomic mass is 10.1. The van der Waals surface area contributed by atoms with E-state index >= 15 is 0 Å². The average molecular weight is 385 g/mol. The molecule has 0 aliphatic heterocycles. The SMILES string of the molecule is CCNc1nc(Nc2ccc([SH](=N)=O)cc2)ncc1-c1ccc(F)c(C)c1. The molecule has 0 saturated heterocycles. The largest absolute Gasteiger partial charge is 0.370 e. The van der Waals surface area contributed by atoms with Crippen LogP contribution in [0.5, 0.6) is 0 Å². The number of halogens is 1. The number of aryl methyl sites for hydroxylation is 1. The van der Waals surface area contributed by atoms with Gasteiger partial charge in [0.1, 0.15) is 11.6 Å². The van der Waals surface area contributed by atoms with Gasteiger partial charge in [0.25, 0.3) is 0 Å². The minimum absolute atomic E-state index is 0.249. The third-order valence-corrected chi connectivity index (χ3v) is 4.73. The quantitative estimate of drug-likeness (QED) is 0.473. The van der Waals surface area contributed by atoms with Crippen molar-refractivity contribution in [2.45, 2.75) is 18.7 Å². The number of nitrogens with one attached hydrogen (secondary N) is 3. The molecule has 0 saturated carbocycles. The second-order valence-electron chi connectivity index (χ2n) is 5.92. The van der Waals surface area contributed by atoms with Crippen LogP contribution in [-0.2, 0) is 10.6 Å². The highest BCUT2D eigenvalue weighted by Gasteiger charge is 2.11. The standard InChI is InChI=1S/C19H20FN5OS/c1-3-22-18-16(13-4-9-17(20)12(2)10-13)11-23-19(25-18)24-14-5-7-15(8-6-14)27(21)26/h4-11,21,27H,3H2,1-2H3,(H2,22,23,24,25). The average Bonchev–Trinajstić information content (AvgIpc) is 2.65. The fraction of sp³-hybridized carbons (Fsp3) is 0.158. The minimum atomic E-state index is -2.11. The summed E-state index contributed by atoms with van der Waals surface area (Å²) in [4.78, 5) is 9.34. The first kappa shape index (κ1) is 18.8. The maximum atomic E-state index is 13.6. The summed E-state index contributed by atoms with van der Waals surface area (Å²) < 4.78 is 32.0. The summed E-state index contributed by atoms with van der Waals surface area (Å²) >= 11 is 0. The summed E-state index contributed by atoms with van der Waals surface area (Å²) in [5.41, 5.74) is 2.90. The third-order valence-electron chi connectivity index (χ3n) is 3.96. The van der Waals surface area contributed by atoms with Gasteiger partial charge >= 0.3 is 0 Å². The number of hydrogen-bond acceptors (Lipinski definition) is 6. The highest BCUT2D eigenvalue weighted by Crippen LogP contribution is 2.28. The molecule has 3 aromatic rings. The highest BCUT2D eigenvalue weighted by atomic mass is 32.2. The summed E-state index contributed by atoms with van der Waals surface area (Å²) in [5, 5.41) is 6.30. The van der Waals surface area contributed by atoms with Crippen molar-refractivity contribution in [2.75, 3.05) is 17.2 Å². The maximum Gasteiger partial charge on any atom is 0.229 e. The van der Waals surface area contributed by atoms with Gasteiger partial charge in [0.05, 0.1) is 10.6 Å². The Balaban J connectivity index is 1.91. The van der Waals surface area contributed by atoms with Gasteiger partial charge in [-0.25, -0.2) is 13.6 Å². The molecule has 1 unspecified atom stereocenters. The van der Waals surface area contributed by atoms with Gasteiger partial charge in [-0.05, 0) is 61.4 Å². The van der Waals surface area contributed by atoms with E-state index in [2.05, 4.69) is 20.6 Å². The van der Waals surface area contributed by atoms with Crippen molar-refractivity contribution in [1.82, 2.24) is 9.97 Å². The van der Waals surface area contributed by atoms with Gasteiger partial charge in [0, 0.05) is 28.9 Å². The Bertz CT molecular complexity index is 1030.